The van der Waals surface area contributed by atoms with Crippen LogP contribution in [0.1, 0.15) is 26.5 Å². The summed E-state index contributed by atoms with van der Waals surface area (Å²) in [5, 5.41) is 4.24. The highest BCUT2D eigenvalue weighted by atomic mass is 35.5. The number of thiophene rings is 1. The SMILES string of the molecule is CC(C)(C)S(=O)(=O)c1cccc(-c2ccc(-c3cc(C(F)(F)F)nn3-c3cc(Cl)ccc3Cl)s2)c1. The van der Waals surface area contributed by atoms with Gasteiger partial charge in [0.25, 0.3) is 0 Å². The molecule has 2 aromatic heterocycles. The predicted octanol–water partition coefficient (Wildman–Crippen LogP) is 8.17. The molecule has 0 atom stereocenters. The number of aromatic nitrogens is 2. The molecule has 11 heteroatoms. The fraction of sp³-hybridized carbons (Fsp3) is 0.208. The molecule has 4 aromatic rings. The van der Waals surface area contributed by atoms with Crippen LogP contribution in [0.4, 0.5) is 13.2 Å². The van der Waals surface area contributed by atoms with Crippen molar-refractivity contribution in [3.8, 4) is 26.7 Å². The molecule has 0 saturated carbocycles. The molecule has 35 heavy (non-hydrogen) atoms. The molecular formula is C24H19Cl2F3N2O2S2. The summed E-state index contributed by atoms with van der Waals surface area (Å²) in [6.07, 6.45) is -4.67. The molecule has 0 fully saturated rings. The second-order valence-electron chi connectivity index (χ2n) is 8.73. The molecule has 0 radical (unpaired) electrons. The lowest BCUT2D eigenvalue weighted by Gasteiger charge is -2.19. The zero-order chi connectivity index (χ0) is 25.8. The number of hydrogen-bond acceptors (Lipinski definition) is 4. The first kappa shape index (κ1) is 25.8. The van der Waals surface area contributed by atoms with Crippen molar-refractivity contribution in [1.82, 2.24) is 9.78 Å². The van der Waals surface area contributed by atoms with Gasteiger partial charge in [0, 0.05) is 9.90 Å². The fourth-order valence-electron chi connectivity index (χ4n) is 3.33. The zero-order valence-electron chi connectivity index (χ0n) is 18.7. The van der Waals surface area contributed by atoms with E-state index in [9.17, 15) is 21.6 Å². The Morgan fingerprint density at radius 3 is 2.26 bits per heavy atom. The van der Waals surface area contributed by atoms with E-state index in [1.54, 1.807) is 51.1 Å². The maximum atomic E-state index is 13.5. The van der Waals surface area contributed by atoms with Crippen LogP contribution >= 0.6 is 34.5 Å². The third kappa shape index (κ3) is 5.00. The zero-order valence-corrected chi connectivity index (χ0v) is 21.8. The first-order valence-electron chi connectivity index (χ1n) is 10.3. The van der Waals surface area contributed by atoms with Crippen LogP contribution in [0.5, 0.6) is 0 Å². The van der Waals surface area contributed by atoms with Crippen LogP contribution in [0.2, 0.25) is 10.0 Å². The molecule has 0 aliphatic carbocycles. The standard InChI is InChI=1S/C24H19Cl2F3N2O2S2/c1-23(2,3)35(32,33)16-6-4-5-14(11-16)20-9-10-21(34-20)19-13-22(24(27,28)29)30-31(19)18-12-15(25)7-8-17(18)26/h4-13H,1-3H3. The Morgan fingerprint density at radius 2 is 1.60 bits per heavy atom. The average Bonchev–Trinajstić information content (AvgIpc) is 3.42. The van der Waals surface area contributed by atoms with Gasteiger partial charge in [0.05, 0.1) is 30.9 Å². The smallest absolute Gasteiger partial charge is 0.230 e. The Labute approximate surface area is 214 Å². The van der Waals surface area contributed by atoms with Gasteiger partial charge in [0.1, 0.15) is 0 Å². The summed E-state index contributed by atoms with van der Waals surface area (Å²) in [4.78, 5) is 1.35. The topological polar surface area (TPSA) is 52.0 Å². The van der Waals surface area contributed by atoms with E-state index >= 15 is 0 Å². The van der Waals surface area contributed by atoms with Crippen LogP contribution in [0.25, 0.3) is 26.7 Å². The van der Waals surface area contributed by atoms with E-state index in [4.69, 9.17) is 23.2 Å². The lowest BCUT2D eigenvalue weighted by Crippen LogP contribution is -2.27. The van der Waals surface area contributed by atoms with Crippen LogP contribution < -0.4 is 0 Å². The fourth-order valence-corrected chi connectivity index (χ4v) is 5.94. The molecule has 2 heterocycles. The molecule has 0 amide bonds. The van der Waals surface area contributed by atoms with Gasteiger partial charge in [-0.05, 0) is 74.9 Å². The van der Waals surface area contributed by atoms with Gasteiger partial charge in [-0.2, -0.15) is 18.3 Å². The highest BCUT2D eigenvalue weighted by Gasteiger charge is 2.36. The summed E-state index contributed by atoms with van der Waals surface area (Å²) in [7, 11) is -3.58. The van der Waals surface area contributed by atoms with Crippen molar-refractivity contribution in [1.29, 1.82) is 0 Å². The number of hydrogen-bond donors (Lipinski definition) is 0. The van der Waals surface area contributed by atoms with Crippen molar-refractivity contribution in [3.05, 3.63) is 76.4 Å². The molecule has 0 unspecified atom stereocenters. The number of halogens is 5. The average molecular weight is 559 g/mol. The molecule has 0 saturated heterocycles. The highest BCUT2D eigenvalue weighted by Crippen LogP contribution is 2.40. The third-order valence-electron chi connectivity index (χ3n) is 5.23. The number of benzene rings is 2. The Balaban J connectivity index is 1.83. The van der Waals surface area contributed by atoms with Crippen molar-refractivity contribution in [2.45, 2.75) is 36.6 Å². The number of nitrogens with zero attached hydrogens (tertiary/aromatic N) is 2. The molecule has 4 nitrogen and oxygen atoms in total. The Morgan fingerprint density at radius 1 is 0.914 bits per heavy atom. The Bertz CT molecular complexity index is 1520. The van der Waals surface area contributed by atoms with Crippen molar-refractivity contribution in [3.63, 3.8) is 0 Å². The van der Waals surface area contributed by atoms with Crippen LogP contribution in [-0.4, -0.2) is 22.9 Å². The van der Waals surface area contributed by atoms with E-state index in [0.717, 1.165) is 10.7 Å². The van der Waals surface area contributed by atoms with Crippen molar-refractivity contribution >= 4 is 44.4 Å². The van der Waals surface area contributed by atoms with Gasteiger partial charge in [0.2, 0.25) is 0 Å². The summed E-state index contributed by atoms with van der Waals surface area (Å²) in [6.45, 7) is 4.87. The number of sulfone groups is 1. The molecule has 0 spiro atoms. The van der Waals surface area contributed by atoms with Gasteiger partial charge in [0.15, 0.2) is 15.5 Å². The summed E-state index contributed by atoms with van der Waals surface area (Å²) < 4.78 is 66.5. The van der Waals surface area contributed by atoms with E-state index in [-0.39, 0.29) is 21.3 Å². The van der Waals surface area contributed by atoms with Gasteiger partial charge in [-0.15, -0.1) is 11.3 Å². The van der Waals surface area contributed by atoms with E-state index in [1.165, 1.54) is 35.6 Å². The molecule has 0 aliphatic rings. The summed E-state index contributed by atoms with van der Waals surface area (Å²) >= 11 is 13.5. The normalized spacial score (nSPS) is 12.8. The largest absolute Gasteiger partial charge is 0.435 e. The second-order valence-corrected chi connectivity index (χ2v) is 13.4. The number of alkyl halides is 3. The van der Waals surface area contributed by atoms with Crippen LogP contribution in [0.15, 0.2) is 65.6 Å². The van der Waals surface area contributed by atoms with Crippen LogP contribution in [0.3, 0.4) is 0 Å². The lowest BCUT2D eigenvalue weighted by atomic mass is 10.2. The molecule has 184 valence electrons. The monoisotopic (exact) mass is 558 g/mol. The minimum Gasteiger partial charge on any atom is -0.230 e. The van der Waals surface area contributed by atoms with Gasteiger partial charge in [-0.25, -0.2) is 13.1 Å². The maximum absolute atomic E-state index is 13.5. The molecular weight excluding hydrogens is 540 g/mol. The van der Waals surface area contributed by atoms with Crippen LogP contribution in [0, 0.1) is 0 Å². The van der Waals surface area contributed by atoms with Crippen molar-refractivity contribution in [2.75, 3.05) is 0 Å². The summed E-state index contributed by atoms with van der Waals surface area (Å²) in [5.74, 6) is 0. The van der Waals surface area contributed by atoms with Crippen LogP contribution in [-0.2, 0) is 16.0 Å². The van der Waals surface area contributed by atoms with Crippen molar-refractivity contribution < 1.29 is 21.6 Å². The first-order chi connectivity index (χ1) is 16.2. The molecule has 0 N–H and O–H groups in total. The Kier molecular flexibility index (Phi) is 6.59. The molecule has 0 bridgehead atoms. The van der Waals surface area contributed by atoms with Gasteiger partial charge in [-0.3, -0.25) is 0 Å². The summed E-state index contributed by atoms with van der Waals surface area (Å²) in [5.41, 5.74) is -0.0553. The third-order valence-corrected chi connectivity index (χ3v) is 9.43. The molecule has 4 rings (SSSR count). The highest BCUT2D eigenvalue weighted by molar-refractivity contribution is 7.92. The van der Waals surface area contributed by atoms with E-state index < -0.39 is 26.5 Å². The predicted molar refractivity (Wildman–Crippen MR) is 134 cm³/mol. The summed E-state index contributed by atoms with van der Waals surface area (Å²) in [6, 6.07) is 15.3. The maximum Gasteiger partial charge on any atom is 0.435 e. The molecule has 0 aliphatic heterocycles. The first-order valence-corrected chi connectivity index (χ1v) is 13.3. The van der Waals surface area contributed by atoms with Gasteiger partial charge < -0.3 is 0 Å². The minimum atomic E-state index is -4.67. The van der Waals surface area contributed by atoms with Gasteiger partial charge in [-0.1, -0.05) is 35.3 Å². The number of rotatable bonds is 4. The van der Waals surface area contributed by atoms with Gasteiger partial charge >= 0.3 is 6.18 Å². The van der Waals surface area contributed by atoms with Crippen molar-refractivity contribution in [2.24, 2.45) is 0 Å². The Hall–Kier alpha value is -2.33. The second kappa shape index (κ2) is 8.96. The minimum absolute atomic E-state index is 0.174. The quantitative estimate of drug-likeness (QED) is 0.254. The molecule has 2 aromatic carbocycles. The lowest BCUT2D eigenvalue weighted by molar-refractivity contribution is -0.141. The van der Waals surface area contributed by atoms with E-state index in [1.807, 2.05) is 0 Å². The van der Waals surface area contributed by atoms with E-state index in [2.05, 4.69) is 5.10 Å². The van der Waals surface area contributed by atoms with E-state index in [0.29, 0.717) is 20.3 Å².